The highest BCUT2D eigenvalue weighted by atomic mass is 16.1. The number of aromatic nitrogens is 2. The molecule has 0 bridgehead atoms. The minimum atomic E-state index is 0.0461. The molecule has 1 unspecified atom stereocenters. The Bertz CT molecular complexity index is 506. The van der Waals surface area contributed by atoms with Gasteiger partial charge in [-0.05, 0) is 44.9 Å². The van der Waals surface area contributed by atoms with E-state index in [9.17, 15) is 4.79 Å². The minimum absolute atomic E-state index is 0.0461. The molecule has 4 heteroatoms. The monoisotopic (exact) mass is 249 g/mol. The Balaban J connectivity index is 2.09. The summed E-state index contributed by atoms with van der Waals surface area (Å²) in [7, 11) is 0. The van der Waals surface area contributed by atoms with Gasteiger partial charge in [-0.25, -0.2) is 4.68 Å². The van der Waals surface area contributed by atoms with Gasteiger partial charge < -0.3 is 5.73 Å². The Hall–Kier alpha value is -1.19. The van der Waals surface area contributed by atoms with E-state index in [0.29, 0.717) is 23.6 Å². The van der Waals surface area contributed by atoms with Gasteiger partial charge in [-0.2, -0.15) is 0 Å². The lowest BCUT2D eigenvalue weighted by atomic mass is 10.2. The smallest absolute Gasteiger partial charge is 0.290 e. The molecular formula is C14H23N3O. The standard InChI is InChI=1S/C14H23N3O/c1-3-8-16-13(11-6-7-11)12(15)14(18)17(16)9(2)10-4-5-10/h9-11H,3-8,15H2,1-2H3. The molecule has 0 amide bonds. The Morgan fingerprint density at radius 3 is 2.50 bits per heavy atom. The SMILES string of the molecule is CCCn1c(C2CC2)c(N)c(=O)n1C(C)C1CC1. The van der Waals surface area contributed by atoms with Crippen LogP contribution in [0.5, 0.6) is 0 Å². The highest BCUT2D eigenvalue weighted by Gasteiger charge is 2.36. The van der Waals surface area contributed by atoms with Crippen LogP contribution >= 0.6 is 0 Å². The quantitative estimate of drug-likeness (QED) is 0.871. The van der Waals surface area contributed by atoms with Gasteiger partial charge in [0.2, 0.25) is 0 Å². The van der Waals surface area contributed by atoms with E-state index in [4.69, 9.17) is 5.73 Å². The molecule has 0 aliphatic heterocycles. The number of rotatable bonds is 5. The summed E-state index contributed by atoms with van der Waals surface area (Å²) in [6.07, 6.45) is 5.93. The summed E-state index contributed by atoms with van der Waals surface area (Å²) in [4.78, 5) is 12.4. The highest BCUT2D eigenvalue weighted by Crippen LogP contribution is 2.44. The van der Waals surface area contributed by atoms with Crippen molar-refractivity contribution in [2.45, 2.75) is 64.5 Å². The summed E-state index contributed by atoms with van der Waals surface area (Å²) < 4.78 is 4.14. The maximum atomic E-state index is 12.4. The molecule has 0 aromatic carbocycles. The summed E-state index contributed by atoms with van der Waals surface area (Å²) in [5.41, 5.74) is 7.76. The van der Waals surface area contributed by atoms with Crippen molar-refractivity contribution in [3.8, 4) is 0 Å². The number of nitrogen functional groups attached to an aromatic ring is 1. The molecule has 1 heterocycles. The summed E-state index contributed by atoms with van der Waals surface area (Å²) in [5, 5.41) is 0. The van der Waals surface area contributed by atoms with Gasteiger partial charge in [-0.15, -0.1) is 0 Å². The van der Waals surface area contributed by atoms with Gasteiger partial charge >= 0.3 is 0 Å². The summed E-state index contributed by atoms with van der Waals surface area (Å²) in [6, 6.07) is 0.304. The molecule has 1 aromatic rings. The molecular weight excluding hydrogens is 226 g/mol. The zero-order valence-electron chi connectivity index (χ0n) is 11.4. The Morgan fingerprint density at radius 1 is 1.33 bits per heavy atom. The second kappa shape index (κ2) is 4.18. The first-order chi connectivity index (χ1) is 8.65. The number of nitrogens with two attached hydrogens (primary N) is 1. The summed E-state index contributed by atoms with van der Waals surface area (Å²) in [6.45, 7) is 5.24. The van der Waals surface area contributed by atoms with E-state index in [0.717, 1.165) is 18.7 Å². The number of hydrogen-bond donors (Lipinski definition) is 1. The fourth-order valence-corrected chi connectivity index (χ4v) is 3.01. The maximum Gasteiger partial charge on any atom is 0.290 e. The molecule has 0 spiro atoms. The van der Waals surface area contributed by atoms with Crippen LogP contribution in [0, 0.1) is 5.92 Å². The van der Waals surface area contributed by atoms with Crippen molar-refractivity contribution in [3.63, 3.8) is 0 Å². The van der Waals surface area contributed by atoms with E-state index in [-0.39, 0.29) is 5.56 Å². The molecule has 100 valence electrons. The van der Waals surface area contributed by atoms with Crippen LogP contribution in [-0.2, 0) is 6.54 Å². The average Bonchev–Trinajstić information content (AvgIpc) is 3.21. The van der Waals surface area contributed by atoms with Crippen molar-refractivity contribution in [1.82, 2.24) is 9.36 Å². The third kappa shape index (κ3) is 1.78. The Labute approximate surface area is 108 Å². The van der Waals surface area contributed by atoms with Crippen molar-refractivity contribution < 1.29 is 0 Å². The summed E-state index contributed by atoms with van der Waals surface area (Å²) >= 11 is 0. The number of anilines is 1. The molecule has 18 heavy (non-hydrogen) atoms. The topological polar surface area (TPSA) is 52.9 Å². The lowest BCUT2D eigenvalue weighted by Crippen LogP contribution is -2.28. The lowest BCUT2D eigenvalue weighted by molar-refractivity contribution is 0.341. The van der Waals surface area contributed by atoms with Gasteiger partial charge in [-0.3, -0.25) is 9.48 Å². The minimum Gasteiger partial charge on any atom is -0.393 e. The van der Waals surface area contributed by atoms with Crippen LogP contribution in [-0.4, -0.2) is 9.36 Å². The zero-order valence-corrected chi connectivity index (χ0v) is 11.4. The maximum absolute atomic E-state index is 12.4. The van der Waals surface area contributed by atoms with Gasteiger partial charge in [0.05, 0.1) is 11.7 Å². The molecule has 3 rings (SSSR count). The van der Waals surface area contributed by atoms with E-state index in [1.807, 2.05) is 4.68 Å². The zero-order chi connectivity index (χ0) is 12.9. The molecule has 1 aromatic heterocycles. The summed E-state index contributed by atoms with van der Waals surface area (Å²) in [5.74, 6) is 1.22. The average molecular weight is 249 g/mol. The van der Waals surface area contributed by atoms with Crippen molar-refractivity contribution >= 4 is 5.69 Å². The fourth-order valence-electron chi connectivity index (χ4n) is 3.01. The third-order valence-electron chi connectivity index (χ3n) is 4.34. The van der Waals surface area contributed by atoms with Gasteiger partial charge in [-0.1, -0.05) is 6.92 Å². The van der Waals surface area contributed by atoms with Gasteiger partial charge in [0, 0.05) is 12.5 Å². The molecule has 2 aliphatic carbocycles. The fraction of sp³-hybridized carbons (Fsp3) is 0.786. The Kier molecular flexibility index (Phi) is 2.76. The Morgan fingerprint density at radius 2 is 2.00 bits per heavy atom. The van der Waals surface area contributed by atoms with E-state index >= 15 is 0 Å². The van der Waals surface area contributed by atoms with E-state index < -0.39 is 0 Å². The molecule has 0 saturated heterocycles. The molecule has 0 radical (unpaired) electrons. The number of nitrogens with zero attached hydrogens (tertiary/aromatic N) is 2. The molecule has 2 N–H and O–H groups in total. The predicted molar refractivity (Wildman–Crippen MR) is 72.8 cm³/mol. The molecule has 2 aliphatic rings. The predicted octanol–water partition coefficient (Wildman–Crippen LogP) is 2.49. The van der Waals surface area contributed by atoms with Crippen molar-refractivity contribution in [3.05, 3.63) is 16.0 Å². The molecule has 4 nitrogen and oxygen atoms in total. The van der Waals surface area contributed by atoms with Crippen LogP contribution in [0.25, 0.3) is 0 Å². The first-order valence-corrected chi connectivity index (χ1v) is 7.25. The molecule has 2 saturated carbocycles. The van der Waals surface area contributed by atoms with Crippen molar-refractivity contribution in [2.75, 3.05) is 5.73 Å². The van der Waals surface area contributed by atoms with Crippen LogP contribution in [0.3, 0.4) is 0 Å². The van der Waals surface area contributed by atoms with Crippen LogP contribution in [0.1, 0.15) is 63.6 Å². The van der Waals surface area contributed by atoms with Crippen LogP contribution in [0.15, 0.2) is 4.79 Å². The first-order valence-electron chi connectivity index (χ1n) is 7.25. The van der Waals surface area contributed by atoms with E-state index in [2.05, 4.69) is 18.5 Å². The second-order valence-corrected chi connectivity index (χ2v) is 5.92. The third-order valence-corrected chi connectivity index (χ3v) is 4.34. The van der Waals surface area contributed by atoms with Crippen LogP contribution in [0.4, 0.5) is 5.69 Å². The normalized spacial score (nSPS) is 21.2. The highest BCUT2D eigenvalue weighted by molar-refractivity contribution is 5.45. The second-order valence-electron chi connectivity index (χ2n) is 5.92. The van der Waals surface area contributed by atoms with Crippen molar-refractivity contribution in [1.29, 1.82) is 0 Å². The van der Waals surface area contributed by atoms with Gasteiger partial charge in [0.15, 0.2) is 0 Å². The van der Waals surface area contributed by atoms with E-state index in [1.165, 1.54) is 25.7 Å². The van der Waals surface area contributed by atoms with Crippen molar-refractivity contribution in [2.24, 2.45) is 5.92 Å². The van der Waals surface area contributed by atoms with Crippen LogP contribution < -0.4 is 11.3 Å². The van der Waals surface area contributed by atoms with Crippen LogP contribution in [0.2, 0.25) is 0 Å². The lowest BCUT2D eigenvalue weighted by Gasteiger charge is -2.19. The van der Waals surface area contributed by atoms with Gasteiger partial charge in [0.1, 0.15) is 5.69 Å². The van der Waals surface area contributed by atoms with Gasteiger partial charge in [0.25, 0.3) is 5.56 Å². The van der Waals surface area contributed by atoms with E-state index in [1.54, 1.807) is 0 Å². The molecule has 2 fully saturated rings. The number of hydrogen-bond acceptors (Lipinski definition) is 2. The molecule has 1 atom stereocenters. The largest absolute Gasteiger partial charge is 0.393 e. The first kappa shape index (κ1) is 11.9.